The van der Waals surface area contributed by atoms with E-state index in [-0.39, 0.29) is 12.1 Å². The van der Waals surface area contributed by atoms with Crippen LogP contribution in [0.1, 0.15) is 25.5 Å². The number of aryl methyl sites for hydroxylation is 1. The van der Waals surface area contributed by atoms with Crippen LogP contribution in [0.4, 0.5) is 5.82 Å². The van der Waals surface area contributed by atoms with Gasteiger partial charge in [0.15, 0.2) is 0 Å². The van der Waals surface area contributed by atoms with Crippen molar-refractivity contribution in [2.75, 3.05) is 38.2 Å². The van der Waals surface area contributed by atoms with E-state index in [1.54, 1.807) is 0 Å². The summed E-state index contributed by atoms with van der Waals surface area (Å²) in [4.78, 5) is 10.8. The molecule has 8 heteroatoms. The number of hydrogen-bond donors (Lipinski definition) is 1. The van der Waals surface area contributed by atoms with E-state index in [0.29, 0.717) is 19.0 Å². The molecule has 25 heavy (non-hydrogen) atoms. The molecule has 1 aliphatic heterocycles. The van der Waals surface area contributed by atoms with Gasteiger partial charge in [-0.2, -0.15) is 5.10 Å². The normalized spacial score (nSPS) is 21.2. The minimum atomic E-state index is 0.0170. The highest BCUT2D eigenvalue weighted by Crippen LogP contribution is 2.29. The van der Waals surface area contributed by atoms with Gasteiger partial charge in [0, 0.05) is 38.0 Å². The molecule has 0 saturated carbocycles. The first-order chi connectivity index (χ1) is 12.2. The smallest absolute Gasteiger partial charge is 0.218 e. The summed E-state index contributed by atoms with van der Waals surface area (Å²) < 4.78 is 13.3. The minimum absolute atomic E-state index is 0.0170. The molecule has 0 spiro atoms. The van der Waals surface area contributed by atoms with Gasteiger partial charge in [-0.15, -0.1) is 0 Å². The lowest BCUT2D eigenvalue weighted by atomic mass is 10.0. The van der Waals surface area contributed by atoms with Gasteiger partial charge in [-0.05, 0) is 13.5 Å². The Kier molecular flexibility index (Phi) is 5.83. The van der Waals surface area contributed by atoms with Crippen molar-refractivity contribution in [3.05, 3.63) is 30.4 Å². The van der Waals surface area contributed by atoms with Gasteiger partial charge in [0.05, 0.1) is 31.6 Å². The first kappa shape index (κ1) is 17.6. The number of likely N-dealkylation sites (N-methyl/N-ethyl adjacent to an activating group) is 1. The van der Waals surface area contributed by atoms with E-state index in [1.807, 2.05) is 30.9 Å². The van der Waals surface area contributed by atoms with Crippen LogP contribution in [0.3, 0.4) is 0 Å². The van der Waals surface area contributed by atoms with Crippen molar-refractivity contribution < 1.29 is 9.47 Å². The van der Waals surface area contributed by atoms with E-state index in [0.717, 1.165) is 25.5 Å². The van der Waals surface area contributed by atoms with Gasteiger partial charge in [-0.3, -0.25) is 9.58 Å². The maximum absolute atomic E-state index is 6.07. The molecule has 2 aromatic heterocycles. The largest absolute Gasteiger partial charge is 0.478 e. The summed E-state index contributed by atoms with van der Waals surface area (Å²) in [6.07, 6.45) is 5.51. The zero-order chi connectivity index (χ0) is 17.6. The molecular weight excluding hydrogens is 320 g/mol. The summed E-state index contributed by atoms with van der Waals surface area (Å²) in [5.74, 6) is 1.31. The number of nitrogens with one attached hydrogen (secondary N) is 1. The predicted molar refractivity (Wildman–Crippen MR) is 94.6 cm³/mol. The van der Waals surface area contributed by atoms with Gasteiger partial charge in [0.2, 0.25) is 5.88 Å². The van der Waals surface area contributed by atoms with Gasteiger partial charge >= 0.3 is 0 Å². The van der Waals surface area contributed by atoms with Gasteiger partial charge in [-0.1, -0.05) is 6.92 Å². The molecule has 3 heterocycles. The Morgan fingerprint density at radius 1 is 1.36 bits per heavy atom. The summed E-state index contributed by atoms with van der Waals surface area (Å²) >= 11 is 0. The zero-order valence-electron chi connectivity index (χ0n) is 15.1. The fourth-order valence-corrected chi connectivity index (χ4v) is 3.20. The van der Waals surface area contributed by atoms with Crippen molar-refractivity contribution in [1.29, 1.82) is 0 Å². The van der Waals surface area contributed by atoms with E-state index in [2.05, 4.69) is 38.4 Å². The molecule has 2 atom stereocenters. The van der Waals surface area contributed by atoms with Gasteiger partial charge < -0.3 is 14.8 Å². The van der Waals surface area contributed by atoms with E-state index < -0.39 is 0 Å². The molecule has 0 unspecified atom stereocenters. The second-order valence-electron chi connectivity index (χ2n) is 5.99. The molecule has 0 aliphatic carbocycles. The van der Waals surface area contributed by atoms with Gasteiger partial charge in [0.1, 0.15) is 12.1 Å². The maximum Gasteiger partial charge on any atom is 0.218 e. The molecule has 0 amide bonds. The average molecular weight is 346 g/mol. The van der Waals surface area contributed by atoms with Gasteiger partial charge in [-0.25, -0.2) is 9.97 Å². The summed E-state index contributed by atoms with van der Waals surface area (Å²) in [7, 11) is 1.94. The van der Waals surface area contributed by atoms with Crippen molar-refractivity contribution in [1.82, 2.24) is 24.6 Å². The number of nitrogens with zero attached hydrogens (tertiary/aromatic N) is 5. The topological polar surface area (TPSA) is 77.3 Å². The first-order valence-corrected chi connectivity index (χ1v) is 8.74. The summed E-state index contributed by atoms with van der Waals surface area (Å²) in [5, 5.41) is 7.68. The quantitative estimate of drug-likeness (QED) is 0.814. The summed E-state index contributed by atoms with van der Waals surface area (Å²) in [6, 6.07) is 1.98. The molecule has 1 saturated heterocycles. The maximum atomic E-state index is 6.07. The second kappa shape index (κ2) is 8.26. The van der Waals surface area contributed by atoms with Crippen molar-refractivity contribution in [2.24, 2.45) is 7.05 Å². The van der Waals surface area contributed by atoms with Crippen LogP contribution in [0, 0.1) is 0 Å². The fourth-order valence-electron chi connectivity index (χ4n) is 3.20. The Balaban J connectivity index is 1.71. The Bertz CT molecular complexity index is 677. The third-order valence-electron chi connectivity index (χ3n) is 4.35. The highest BCUT2D eigenvalue weighted by Gasteiger charge is 2.33. The molecule has 0 radical (unpaired) electrons. The molecule has 1 fully saturated rings. The minimum Gasteiger partial charge on any atom is -0.478 e. The van der Waals surface area contributed by atoms with Crippen LogP contribution in [0.2, 0.25) is 0 Å². The number of anilines is 1. The average Bonchev–Trinajstić information content (AvgIpc) is 3.06. The lowest BCUT2D eigenvalue weighted by Gasteiger charge is -2.40. The van der Waals surface area contributed by atoms with Crippen molar-refractivity contribution in [2.45, 2.75) is 26.0 Å². The van der Waals surface area contributed by atoms with Crippen LogP contribution >= 0.6 is 0 Å². The predicted octanol–water partition coefficient (Wildman–Crippen LogP) is 1.48. The van der Waals surface area contributed by atoms with Gasteiger partial charge in [0.25, 0.3) is 0 Å². The number of ether oxygens (including phenoxy) is 2. The highest BCUT2D eigenvalue weighted by atomic mass is 16.5. The van der Waals surface area contributed by atoms with E-state index in [4.69, 9.17) is 9.47 Å². The Labute approximate surface area is 148 Å². The number of aromatic nitrogens is 4. The standard InChI is InChI=1S/C17H26N6O2/c1-4-23-6-7-25-14(17(23)13-9-21-22(3)11-13)10-18-15-8-16(24-5-2)20-12-19-15/h8-9,11-12,14,17H,4-7,10H2,1-3H3,(H,18,19,20)/t14-,17-/m0/s1. The monoisotopic (exact) mass is 346 g/mol. The SMILES string of the molecule is CCOc1cc(NC[C@@H]2OCCN(CC)[C@H]2c2cnn(C)c2)ncn1. The molecule has 3 rings (SSSR count). The van der Waals surface area contributed by atoms with E-state index in [9.17, 15) is 0 Å². The molecule has 1 aliphatic rings. The van der Waals surface area contributed by atoms with Crippen molar-refractivity contribution in [3.63, 3.8) is 0 Å². The Morgan fingerprint density at radius 3 is 2.96 bits per heavy atom. The molecule has 1 N–H and O–H groups in total. The Hall–Kier alpha value is -2.19. The second-order valence-corrected chi connectivity index (χ2v) is 5.99. The van der Waals surface area contributed by atoms with Crippen LogP contribution in [0.5, 0.6) is 5.88 Å². The van der Waals surface area contributed by atoms with Crippen LogP contribution < -0.4 is 10.1 Å². The molecule has 0 bridgehead atoms. The summed E-state index contributed by atoms with van der Waals surface area (Å²) in [5.41, 5.74) is 1.17. The highest BCUT2D eigenvalue weighted by molar-refractivity contribution is 5.37. The molecular formula is C17H26N6O2. The zero-order valence-corrected chi connectivity index (χ0v) is 15.1. The molecule has 8 nitrogen and oxygen atoms in total. The molecule has 136 valence electrons. The lowest BCUT2D eigenvalue weighted by Crippen LogP contribution is -2.47. The fraction of sp³-hybridized carbons (Fsp3) is 0.588. The molecule has 2 aromatic rings. The number of morpholine rings is 1. The Morgan fingerprint density at radius 2 is 2.24 bits per heavy atom. The third kappa shape index (κ3) is 4.26. The number of rotatable bonds is 7. The lowest BCUT2D eigenvalue weighted by molar-refractivity contribution is -0.0639. The van der Waals surface area contributed by atoms with E-state index >= 15 is 0 Å². The van der Waals surface area contributed by atoms with Crippen LogP contribution in [-0.2, 0) is 11.8 Å². The number of hydrogen-bond acceptors (Lipinski definition) is 7. The van der Waals surface area contributed by atoms with Crippen molar-refractivity contribution in [3.8, 4) is 5.88 Å². The van der Waals surface area contributed by atoms with Crippen LogP contribution in [-0.4, -0.2) is 63.6 Å². The van der Waals surface area contributed by atoms with Crippen molar-refractivity contribution >= 4 is 5.82 Å². The van der Waals surface area contributed by atoms with Crippen LogP contribution in [0.25, 0.3) is 0 Å². The first-order valence-electron chi connectivity index (χ1n) is 8.74. The van der Waals surface area contributed by atoms with E-state index in [1.165, 1.54) is 11.9 Å². The third-order valence-corrected chi connectivity index (χ3v) is 4.35. The van der Waals surface area contributed by atoms with Crippen LogP contribution in [0.15, 0.2) is 24.8 Å². The molecule has 0 aromatic carbocycles. The summed E-state index contributed by atoms with van der Waals surface area (Å²) in [6.45, 7) is 7.97.